The fraction of sp³-hybridized carbons (Fsp3) is 0.214. The number of hydrogen-bond donors (Lipinski definition) is 1. The maximum Gasteiger partial charge on any atom is 0.338 e. The highest BCUT2D eigenvalue weighted by molar-refractivity contribution is 6.00. The zero-order valence-corrected chi connectivity index (χ0v) is 20.2. The summed E-state index contributed by atoms with van der Waals surface area (Å²) in [7, 11) is 0. The molecule has 0 radical (unpaired) electrons. The zero-order valence-electron chi connectivity index (χ0n) is 20.2. The highest BCUT2D eigenvalue weighted by Gasteiger charge is 2.36. The topological polar surface area (TPSA) is 111 Å². The van der Waals surface area contributed by atoms with E-state index in [4.69, 9.17) is 14.2 Å². The molecule has 3 aromatic rings. The van der Waals surface area contributed by atoms with Crippen LogP contribution in [0.25, 0.3) is 0 Å². The van der Waals surface area contributed by atoms with Crippen molar-refractivity contribution in [2.24, 2.45) is 5.92 Å². The van der Waals surface area contributed by atoms with Crippen LogP contribution in [0.2, 0.25) is 0 Å². The summed E-state index contributed by atoms with van der Waals surface area (Å²) in [5.41, 5.74) is 1.46. The molecule has 0 aliphatic carbocycles. The van der Waals surface area contributed by atoms with Crippen molar-refractivity contribution in [1.82, 2.24) is 0 Å². The molecular weight excluding hydrogens is 476 g/mol. The number of nitrogens with one attached hydrogen (secondary N) is 1. The van der Waals surface area contributed by atoms with E-state index in [9.17, 15) is 19.2 Å². The third-order valence-electron chi connectivity index (χ3n) is 5.61. The maximum atomic E-state index is 12.5. The molecule has 1 N–H and O–H groups in total. The molecule has 1 fully saturated rings. The Morgan fingerprint density at radius 1 is 0.892 bits per heavy atom. The standard InChI is InChI=1S/C28H26N2O7/c1-2-35-27(33)19-8-12-22(13-9-19)30-17-20(16-26(30)32)28(34)36-18-25(31)29-21-10-14-24(15-11-21)37-23-6-4-3-5-7-23/h3-15,20H,2,16-18H2,1H3,(H,29,31)/t20-/m1/s1. The maximum absolute atomic E-state index is 12.5. The number of nitrogens with zero attached hydrogens (tertiary/aromatic N) is 1. The molecule has 4 rings (SSSR count). The molecule has 1 aliphatic rings. The van der Waals surface area contributed by atoms with E-state index in [1.807, 2.05) is 30.3 Å². The van der Waals surface area contributed by atoms with Crippen LogP contribution < -0.4 is 15.0 Å². The Balaban J connectivity index is 1.24. The Hall–Kier alpha value is -4.66. The van der Waals surface area contributed by atoms with E-state index in [1.165, 1.54) is 4.90 Å². The van der Waals surface area contributed by atoms with Crippen molar-refractivity contribution in [2.75, 3.05) is 30.0 Å². The number of rotatable bonds is 9. The van der Waals surface area contributed by atoms with Crippen LogP contribution in [0.4, 0.5) is 11.4 Å². The normalized spacial score (nSPS) is 14.7. The molecule has 0 bridgehead atoms. The number of carbonyl (C=O) groups excluding carboxylic acids is 4. The first kappa shape index (κ1) is 25.4. The average molecular weight is 503 g/mol. The van der Waals surface area contributed by atoms with Gasteiger partial charge in [0.2, 0.25) is 5.91 Å². The minimum atomic E-state index is -0.695. The van der Waals surface area contributed by atoms with Crippen molar-refractivity contribution in [3.8, 4) is 11.5 Å². The second-order valence-corrected chi connectivity index (χ2v) is 8.27. The van der Waals surface area contributed by atoms with Crippen LogP contribution in [0.15, 0.2) is 78.9 Å². The molecule has 1 heterocycles. The van der Waals surface area contributed by atoms with Gasteiger partial charge in [-0.3, -0.25) is 14.4 Å². The Morgan fingerprint density at radius 3 is 2.24 bits per heavy atom. The Bertz CT molecular complexity index is 1260. The Kier molecular flexibility index (Phi) is 8.15. The van der Waals surface area contributed by atoms with Gasteiger partial charge in [0.1, 0.15) is 11.5 Å². The SMILES string of the molecule is CCOC(=O)c1ccc(N2C[C@H](C(=O)OCC(=O)Nc3ccc(Oc4ccccc4)cc3)CC2=O)cc1. The molecule has 1 aliphatic heterocycles. The molecule has 1 saturated heterocycles. The first-order valence-electron chi connectivity index (χ1n) is 11.8. The molecule has 1 atom stereocenters. The predicted octanol–water partition coefficient (Wildman–Crippen LogP) is 4.19. The largest absolute Gasteiger partial charge is 0.462 e. The highest BCUT2D eigenvalue weighted by Crippen LogP contribution is 2.27. The second kappa shape index (κ2) is 11.9. The summed E-state index contributed by atoms with van der Waals surface area (Å²) < 4.78 is 15.8. The second-order valence-electron chi connectivity index (χ2n) is 8.27. The van der Waals surface area contributed by atoms with Crippen LogP contribution in [0.5, 0.6) is 11.5 Å². The average Bonchev–Trinajstić information content (AvgIpc) is 3.31. The van der Waals surface area contributed by atoms with Crippen molar-refractivity contribution in [3.05, 3.63) is 84.4 Å². The molecule has 3 aromatic carbocycles. The summed E-state index contributed by atoms with van der Waals surface area (Å²) in [6.45, 7) is 1.64. The van der Waals surface area contributed by atoms with Gasteiger partial charge in [0.25, 0.3) is 5.91 Å². The number of para-hydroxylation sites is 1. The minimum Gasteiger partial charge on any atom is -0.462 e. The minimum absolute atomic E-state index is 0.0248. The zero-order chi connectivity index (χ0) is 26.2. The van der Waals surface area contributed by atoms with Gasteiger partial charge in [-0.25, -0.2) is 4.79 Å². The summed E-state index contributed by atoms with van der Waals surface area (Å²) >= 11 is 0. The first-order valence-corrected chi connectivity index (χ1v) is 11.8. The van der Waals surface area contributed by atoms with Crippen LogP contribution in [-0.2, 0) is 23.9 Å². The van der Waals surface area contributed by atoms with Gasteiger partial charge in [-0.2, -0.15) is 0 Å². The van der Waals surface area contributed by atoms with Gasteiger partial charge in [0.05, 0.1) is 18.1 Å². The number of carbonyl (C=O) groups is 4. The third-order valence-corrected chi connectivity index (χ3v) is 5.61. The lowest BCUT2D eigenvalue weighted by Gasteiger charge is -2.17. The first-order chi connectivity index (χ1) is 17.9. The van der Waals surface area contributed by atoms with Crippen molar-refractivity contribution in [2.45, 2.75) is 13.3 Å². The van der Waals surface area contributed by atoms with Crippen molar-refractivity contribution < 1.29 is 33.4 Å². The molecule has 190 valence electrons. The van der Waals surface area contributed by atoms with Crippen LogP contribution in [-0.4, -0.2) is 43.5 Å². The molecule has 0 aromatic heterocycles. The smallest absolute Gasteiger partial charge is 0.338 e. The number of hydrogen-bond acceptors (Lipinski definition) is 7. The van der Waals surface area contributed by atoms with E-state index in [-0.39, 0.29) is 25.5 Å². The molecule has 0 saturated carbocycles. The summed E-state index contributed by atoms with van der Waals surface area (Å²) in [5.74, 6) is -1.20. The lowest BCUT2D eigenvalue weighted by atomic mass is 10.1. The van der Waals surface area contributed by atoms with Gasteiger partial charge in [-0.1, -0.05) is 18.2 Å². The van der Waals surface area contributed by atoms with Crippen molar-refractivity contribution >= 4 is 35.1 Å². The Morgan fingerprint density at radius 2 is 1.57 bits per heavy atom. The van der Waals surface area contributed by atoms with Crippen LogP contribution in [0.1, 0.15) is 23.7 Å². The van der Waals surface area contributed by atoms with Gasteiger partial charge in [-0.15, -0.1) is 0 Å². The van der Waals surface area contributed by atoms with Crippen LogP contribution >= 0.6 is 0 Å². The van der Waals surface area contributed by atoms with Gasteiger partial charge in [-0.05, 0) is 67.6 Å². The molecular formula is C28H26N2O7. The Labute approximate surface area is 213 Å². The molecule has 9 nitrogen and oxygen atoms in total. The lowest BCUT2D eigenvalue weighted by molar-refractivity contribution is -0.151. The van der Waals surface area contributed by atoms with E-state index < -0.39 is 30.4 Å². The quantitative estimate of drug-likeness (QED) is 0.437. The molecule has 0 spiro atoms. The van der Waals surface area contributed by atoms with Gasteiger partial charge >= 0.3 is 11.9 Å². The van der Waals surface area contributed by atoms with Gasteiger partial charge in [0.15, 0.2) is 6.61 Å². The van der Waals surface area contributed by atoms with E-state index in [0.717, 1.165) is 0 Å². The van der Waals surface area contributed by atoms with E-state index in [1.54, 1.807) is 55.5 Å². The van der Waals surface area contributed by atoms with Crippen LogP contribution in [0.3, 0.4) is 0 Å². The highest BCUT2D eigenvalue weighted by atomic mass is 16.5. The third kappa shape index (κ3) is 6.72. The van der Waals surface area contributed by atoms with E-state index >= 15 is 0 Å². The molecule has 2 amide bonds. The van der Waals surface area contributed by atoms with Crippen molar-refractivity contribution in [1.29, 1.82) is 0 Å². The van der Waals surface area contributed by atoms with Gasteiger partial charge < -0.3 is 24.4 Å². The molecule has 0 unspecified atom stereocenters. The fourth-order valence-corrected chi connectivity index (χ4v) is 3.79. The number of ether oxygens (including phenoxy) is 3. The van der Waals surface area contributed by atoms with Crippen LogP contribution in [0, 0.1) is 5.92 Å². The van der Waals surface area contributed by atoms with E-state index in [2.05, 4.69) is 5.32 Å². The predicted molar refractivity (Wildman–Crippen MR) is 135 cm³/mol. The van der Waals surface area contributed by atoms with E-state index in [0.29, 0.717) is 28.4 Å². The monoisotopic (exact) mass is 502 g/mol. The fourth-order valence-electron chi connectivity index (χ4n) is 3.79. The molecule has 9 heteroatoms. The number of esters is 2. The number of anilines is 2. The molecule has 37 heavy (non-hydrogen) atoms. The number of amides is 2. The number of benzene rings is 3. The summed E-state index contributed by atoms with van der Waals surface area (Å²) in [6, 6.07) is 22.5. The lowest BCUT2D eigenvalue weighted by Crippen LogP contribution is -2.28. The van der Waals surface area contributed by atoms with Crippen molar-refractivity contribution in [3.63, 3.8) is 0 Å². The summed E-state index contributed by atoms with van der Waals surface area (Å²) in [6.07, 6.45) is -0.0248. The van der Waals surface area contributed by atoms with Gasteiger partial charge in [0, 0.05) is 24.3 Å². The summed E-state index contributed by atoms with van der Waals surface area (Å²) in [5, 5.41) is 2.66. The summed E-state index contributed by atoms with van der Waals surface area (Å²) in [4.78, 5) is 50.5.